The molecule has 0 radical (unpaired) electrons. The van der Waals surface area contributed by atoms with Crippen molar-refractivity contribution in [3.8, 4) is 0 Å². The number of likely N-dealkylation sites (tertiary alicyclic amines) is 1. The van der Waals surface area contributed by atoms with Crippen molar-refractivity contribution < 1.29 is 9.59 Å². The van der Waals surface area contributed by atoms with Crippen LogP contribution in [0.5, 0.6) is 0 Å². The number of carbonyl (C=O) groups excluding carboxylic acids is 2. The molecule has 2 heterocycles. The zero-order chi connectivity index (χ0) is 14.5. The van der Waals surface area contributed by atoms with Gasteiger partial charge in [0.25, 0.3) is 0 Å². The Kier molecular flexibility index (Phi) is 4.57. The third kappa shape index (κ3) is 4.23. The van der Waals surface area contributed by atoms with Crippen LogP contribution in [-0.4, -0.2) is 52.2 Å². The van der Waals surface area contributed by atoms with E-state index in [1.165, 1.54) is 4.68 Å². The second-order valence-electron chi connectivity index (χ2n) is 5.02. The molecular formula is C12H20N6O2. The number of aromatic nitrogens is 2. The van der Waals surface area contributed by atoms with E-state index in [0.29, 0.717) is 5.82 Å². The number of hydrogen-bond acceptors (Lipinski definition) is 5. The predicted octanol–water partition coefficient (Wildman–Crippen LogP) is -1.47. The third-order valence-corrected chi connectivity index (χ3v) is 3.30. The van der Waals surface area contributed by atoms with Gasteiger partial charge in [-0.2, -0.15) is 5.10 Å². The van der Waals surface area contributed by atoms with Gasteiger partial charge in [-0.3, -0.25) is 19.2 Å². The maximum atomic E-state index is 11.8. The highest BCUT2D eigenvalue weighted by atomic mass is 16.2. The molecule has 20 heavy (non-hydrogen) atoms. The molecule has 1 aliphatic heterocycles. The van der Waals surface area contributed by atoms with Gasteiger partial charge in [0.05, 0.1) is 6.54 Å². The van der Waals surface area contributed by atoms with Gasteiger partial charge in [0.1, 0.15) is 12.4 Å². The lowest BCUT2D eigenvalue weighted by Gasteiger charge is -2.31. The summed E-state index contributed by atoms with van der Waals surface area (Å²) in [6, 6.07) is 1.79. The van der Waals surface area contributed by atoms with Crippen molar-refractivity contribution in [2.24, 2.45) is 5.73 Å². The quantitative estimate of drug-likeness (QED) is 0.608. The smallest absolute Gasteiger partial charge is 0.241 e. The second kappa shape index (κ2) is 6.38. The van der Waals surface area contributed by atoms with Crippen LogP contribution in [0.2, 0.25) is 0 Å². The van der Waals surface area contributed by atoms with E-state index < -0.39 is 0 Å². The standard InChI is InChI=1S/C12H20N6O2/c13-10-3-6-18(16-10)8-12(20)15-9-1-4-17(5-2-9)7-11(14)19/h3,6,9H,1-2,4-5,7-8H2,(H2,13,16)(H2,14,19)(H,15,20). The Bertz CT molecular complexity index is 478. The molecule has 8 nitrogen and oxygen atoms in total. The molecule has 1 aliphatic rings. The van der Waals surface area contributed by atoms with Gasteiger partial charge in [0.15, 0.2) is 0 Å². The van der Waals surface area contributed by atoms with Crippen LogP contribution in [-0.2, 0) is 16.1 Å². The number of nitrogens with two attached hydrogens (primary N) is 2. The van der Waals surface area contributed by atoms with Crippen LogP contribution in [0, 0.1) is 0 Å². The molecule has 2 amide bonds. The number of anilines is 1. The highest BCUT2D eigenvalue weighted by molar-refractivity contribution is 5.76. The minimum absolute atomic E-state index is 0.0820. The van der Waals surface area contributed by atoms with Crippen LogP contribution in [0.25, 0.3) is 0 Å². The molecule has 1 aromatic heterocycles. The maximum Gasteiger partial charge on any atom is 0.241 e. The molecular weight excluding hydrogens is 260 g/mol. The van der Waals surface area contributed by atoms with Gasteiger partial charge in [0.2, 0.25) is 11.8 Å². The Morgan fingerprint density at radius 3 is 2.60 bits per heavy atom. The third-order valence-electron chi connectivity index (χ3n) is 3.30. The Labute approximate surface area is 117 Å². The largest absolute Gasteiger partial charge is 0.382 e. The van der Waals surface area contributed by atoms with E-state index in [9.17, 15) is 9.59 Å². The van der Waals surface area contributed by atoms with Crippen LogP contribution < -0.4 is 16.8 Å². The molecule has 8 heteroatoms. The molecule has 1 fully saturated rings. The first-order valence-electron chi connectivity index (χ1n) is 6.62. The number of primary amides is 1. The monoisotopic (exact) mass is 280 g/mol. The lowest BCUT2D eigenvalue weighted by molar-refractivity contribution is -0.123. The SMILES string of the molecule is NC(=O)CN1CCC(NC(=O)Cn2ccc(N)n2)CC1. The minimum atomic E-state index is -0.316. The van der Waals surface area contributed by atoms with Crippen LogP contribution >= 0.6 is 0 Å². The number of rotatable bonds is 5. The van der Waals surface area contributed by atoms with E-state index in [1.54, 1.807) is 12.3 Å². The minimum Gasteiger partial charge on any atom is -0.382 e. The van der Waals surface area contributed by atoms with Gasteiger partial charge in [-0.1, -0.05) is 0 Å². The fourth-order valence-corrected chi connectivity index (χ4v) is 2.34. The molecule has 110 valence electrons. The normalized spacial score (nSPS) is 17.0. The van der Waals surface area contributed by atoms with Gasteiger partial charge >= 0.3 is 0 Å². The molecule has 0 spiro atoms. The molecule has 0 aromatic carbocycles. The maximum absolute atomic E-state index is 11.8. The number of nitrogen functional groups attached to an aromatic ring is 1. The summed E-state index contributed by atoms with van der Waals surface area (Å²) >= 11 is 0. The Balaban J connectivity index is 1.72. The summed E-state index contributed by atoms with van der Waals surface area (Å²) in [5.74, 6) is 0.00256. The van der Waals surface area contributed by atoms with E-state index in [0.717, 1.165) is 25.9 Å². The van der Waals surface area contributed by atoms with Crippen LogP contribution in [0.4, 0.5) is 5.82 Å². The molecule has 0 aliphatic carbocycles. The number of nitrogens with one attached hydrogen (secondary N) is 1. The zero-order valence-electron chi connectivity index (χ0n) is 11.3. The fraction of sp³-hybridized carbons (Fsp3) is 0.583. The first-order valence-corrected chi connectivity index (χ1v) is 6.62. The Morgan fingerprint density at radius 2 is 2.05 bits per heavy atom. The summed E-state index contributed by atoms with van der Waals surface area (Å²) in [7, 11) is 0. The van der Waals surface area contributed by atoms with Crippen LogP contribution in [0.1, 0.15) is 12.8 Å². The van der Waals surface area contributed by atoms with Crippen molar-refractivity contribution >= 4 is 17.6 Å². The van der Waals surface area contributed by atoms with Crippen molar-refractivity contribution in [3.63, 3.8) is 0 Å². The number of nitrogens with zero attached hydrogens (tertiary/aromatic N) is 3. The van der Waals surface area contributed by atoms with Crippen molar-refractivity contribution in [2.75, 3.05) is 25.4 Å². The van der Waals surface area contributed by atoms with E-state index in [1.807, 2.05) is 4.90 Å². The van der Waals surface area contributed by atoms with Crippen LogP contribution in [0.3, 0.4) is 0 Å². The zero-order valence-corrected chi connectivity index (χ0v) is 11.3. The average Bonchev–Trinajstić information content (AvgIpc) is 2.76. The summed E-state index contributed by atoms with van der Waals surface area (Å²) in [6.07, 6.45) is 3.31. The molecule has 0 atom stereocenters. The molecule has 0 unspecified atom stereocenters. The first kappa shape index (κ1) is 14.3. The fourth-order valence-electron chi connectivity index (χ4n) is 2.34. The summed E-state index contributed by atoms with van der Waals surface area (Å²) in [6.45, 7) is 1.98. The van der Waals surface area contributed by atoms with Crippen molar-refractivity contribution in [3.05, 3.63) is 12.3 Å². The van der Waals surface area contributed by atoms with Gasteiger partial charge in [-0.25, -0.2) is 0 Å². The number of piperidine rings is 1. The highest BCUT2D eigenvalue weighted by Gasteiger charge is 2.21. The van der Waals surface area contributed by atoms with Crippen molar-refractivity contribution in [1.29, 1.82) is 0 Å². The summed E-state index contributed by atoms with van der Waals surface area (Å²) in [4.78, 5) is 24.7. The van der Waals surface area contributed by atoms with Gasteiger partial charge < -0.3 is 16.8 Å². The van der Waals surface area contributed by atoms with Gasteiger partial charge in [-0.05, 0) is 18.9 Å². The van der Waals surface area contributed by atoms with E-state index in [-0.39, 0.29) is 30.9 Å². The Morgan fingerprint density at radius 1 is 1.35 bits per heavy atom. The lowest BCUT2D eigenvalue weighted by atomic mass is 10.1. The van der Waals surface area contributed by atoms with Gasteiger partial charge in [-0.15, -0.1) is 0 Å². The summed E-state index contributed by atoms with van der Waals surface area (Å²) in [5.41, 5.74) is 10.6. The molecule has 0 saturated carbocycles. The summed E-state index contributed by atoms with van der Waals surface area (Å²) in [5, 5.41) is 6.93. The van der Waals surface area contributed by atoms with Crippen LogP contribution in [0.15, 0.2) is 12.3 Å². The van der Waals surface area contributed by atoms with E-state index in [4.69, 9.17) is 11.5 Å². The molecule has 1 aromatic rings. The predicted molar refractivity (Wildman–Crippen MR) is 73.4 cm³/mol. The van der Waals surface area contributed by atoms with Crippen molar-refractivity contribution in [1.82, 2.24) is 20.0 Å². The van der Waals surface area contributed by atoms with E-state index in [2.05, 4.69) is 10.4 Å². The number of carbonyl (C=O) groups is 2. The number of hydrogen-bond donors (Lipinski definition) is 3. The highest BCUT2D eigenvalue weighted by Crippen LogP contribution is 2.09. The Hall–Kier alpha value is -2.09. The first-order chi connectivity index (χ1) is 9.52. The molecule has 5 N–H and O–H groups in total. The second-order valence-corrected chi connectivity index (χ2v) is 5.02. The lowest BCUT2D eigenvalue weighted by Crippen LogP contribution is -2.47. The molecule has 2 rings (SSSR count). The topological polar surface area (TPSA) is 119 Å². The molecule has 0 bridgehead atoms. The van der Waals surface area contributed by atoms with Gasteiger partial charge in [0, 0.05) is 25.3 Å². The number of amides is 2. The molecule has 1 saturated heterocycles. The average molecular weight is 280 g/mol. The van der Waals surface area contributed by atoms with E-state index >= 15 is 0 Å². The van der Waals surface area contributed by atoms with Crippen molar-refractivity contribution in [2.45, 2.75) is 25.4 Å². The summed E-state index contributed by atoms with van der Waals surface area (Å²) < 4.78 is 1.51.